The Bertz CT molecular complexity index is 1120. The molecule has 1 unspecified atom stereocenters. The van der Waals surface area contributed by atoms with Gasteiger partial charge in [-0.1, -0.05) is 35.3 Å². The monoisotopic (exact) mass is 512 g/mol. The highest BCUT2D eigenvalue weighted by molar-refractivity contribution is 6.39. The number of rotatable bonds is 11. The zero-order valence-corrected chi connectivity index (χ0v) is 21.1. The van der Waals surface area contributed by atoms with Crippen LogP contribution in [0.1, 0.15) is 71.6 Å². The largest absolute Gasteiger partial charge is 0.352 e. The van der Waals surface area contributed by atoms with Gasteiger partial charge in [-0.05, 0) is 56.7 Å². The van der Waals surface area contributed by atoms with Crippen LogP contribution >= 0.6 is 23.2 Å². The van der Waals surface area contributed by atoms with Gasteiger partial charge in [-0.2, -0.15) is 0 Å². The predicted octanol–water partition coefficient (Wildman–Crippen LogP) is 5.71. The molecule has 0 fully saturated rings. The second-order valence-corrected chi connectivity index (χ2v) is 9.46. The number of imidazole rings is 1. The molecule has 35 heavy (non-hydrogen) atoms. The maximum atomic E-state index is 12.6. The van der Waals surface area contributed by atoms with Gasteiger partial charge in [0.1, 0.15) is 5.82 Å². The highest BCUT2D eigenvalue weighted by Gasteiger charge is 2.32. The van der Waals surface area contributed by atoms with Gasteiger partial charge in [0.15, 0.2) is 0 Å². The molecule has 0 saturated heterocycles. The molecule has 0 spiro atoms. The average molecular weight is 513 g/mol. The molecule has 2 N–H and O–H groups in total. The summed E-state index contributed by atoms with van der Waals surface area (Å²) in [6.07, 6.45) is 16.1. The third kappa shape index (κ3) is 6.10. The fourth-order valence-corrected chi connectivity index (χ4v) is 5.33. The summed E-state index contributed by atoms with van der Waals surface area (Å²) < 4.78 is 0. The van der Waals surface area contributed by atoms with E-state index < -0.39 is 0 Å². The summed E-state index contributed by atoms with van der Waals surface area (Å²) >= 11 is 12.2. The smallest absolute Gasteiger partial charge is 0.254 e. The molecule has 3 aromatic rings. The Kier molecular flexibility index (Phi) is 8.90. The van der Waals surface area contributed by atoms with Gasteiger partial charge in [0.2, 0.25) is 0 Å². The maximum Gasteiger partial charge on any atom is 0.254 e. The third-order valence-corrected chi connectivity index (χ3v) is 6.97. The Morgan fingerprint density at radius 1 is 1.26 bits per heavy atom. The van der Waals surface area contributed by atoms with Crippen LogP contribution in [0.15, 0.2) is 55.8 Å². The number of aryl methyl sites for hydroxylation is 1. The number of nitrogens with zero attached hydrogens (tertiary/aromatic N) is 4. The molecule has 7 nitrogen and oxygen atoms in total. The molecule has 0 saturated carbocycles. The Balaban J connectivity index is 1.45. The van der Waals surface area contributed by atoms with E-state index in [0.717, 1.165) is 56.6 Å². The van der Waals surface area contributed by atoms with Crippen molar-refractivity contribution in [1.29, 1.82) is 0 Å². The van der Waals surface area contributed by atoms with Crippen LogP contribution < -0.4 is 5.32 Å². The van der Waals surface area contributed by atoms with Crippen molar-refractivity contribution in [2.75, 3.05) is 13.1 Å². The van der Waals surface area contributed by atoms with Crippen LogP contribution in [0, 0.1) is 0 Å². The SMILES string of the molecule is C=CC[C@@H](c1ncc[nH]1)N(CCCCNC(=O)c1c(Cl)cncc1Cl)C1CCCc2cccnc21. The predicted molar refractivity (Wildman–Crippen MR) is 139 cm³/mol. The van der Waals surface area contributed by atoms with E-state index >= 15 is 0 Å². The second-order valence-electron chi connectivity index (χ2n) is 8.65. The number of carbonyl (C=O) groups excluding carboxylic acids is 1. The second kappa shape index (κ2) is 12.3. The average Bonchev–Trinajstić information content (AvgIpc) is 3.40. The fraction of sp³-hybridized carbons (Fsp3) is 0.385. The number of carbonyl (C=O) groups is 1. The highest BCUT2D eigenvalue weighted by Crippen LogP contribution is 2.38. The number of halogens is 2. The first kappa shape index (κ1) is 25.4. The lowest BCUT2D eigenvalue weighted by Gasteiger charge is -2.39. The Hall–Kier alpha value is -2.74. The quantitative estimate of drug-likeness (QED) is 0.253. The molecule has 1 aliphatic carbocycles. The molecule has 3 aromatic heterocycles. The molecule has 3 heterocycles. The summed E-state index contributed by atoms with van der Waals surface area (Å²) in [5, 5.41) is 3.42. The summed E-state index contributed by atoms with van der Waals surface area (Å²) in [5.41, 5.74) is 2.75. The number of pyridine rings is 2. The molecule has 0 radical (unpaired) electrons. The summed E-state index contributed by atoms with van der Waals surface area (Å²) in [5.74, 6) is 0.646. The van der Waals surface area contributed by atoms with E-state index in [-0.39, 0.29) is 33.6 Å². The molecular weight excluding hydrogens is 483 g/mol. The fourth-order valence-electron chi connectivity index (χ4n) is 4.80. The third-order valence-electron chi connectivity index (χ3n) is 6.40. The van der Waals surface area contributed by atoms with Gasteiger partial charge < -0.3 is 10.3 Å². The number of fused-ring (bicyclic) bond motifs is 1. The first-order valence-electron chi connectivity index (χ1n) is 12.0. The van der Waals surface area contributed by atoms with Crippen molar-refractivity contribution in [3.05, 3.63) is 88.5 Å². The van der Waals surface area contributed by atoms with Crippen LogP contribution in [0.5, 0.6) is 0 Å². The number of unbranched alkanes of at least 4 members (excludes halogenated alkanes) is 1. The van der Waals surface area contributed by atoms with Gasteiger partial charge in [-0.3, -0.25) is 19.7 Å². The zero-order chi connectivity index (χ0) is 24.6. The number of aromatic nitrogens is 4. The Morgan fingerprint density at radius 3 is 2.83 bits per heavy atom. The molecule has 184 valence electrons. The zero-order valence-electron chi connectivity index (χ0n) is 19.6. The van der Waals surface area contributed by atoms with Gasteiger partial charge in [0.05, 0.1) is 33.4 Å². The molecule has 1 amide bonds. The summed E-state index contributed by atoms with van der Waals surface area (Å²) in [6, 6.07) is 4.49. The van der Waals surface area contributed by atoms with Crippen molar-refractivity contribution in [2.45, 2.75) is 50.6 Å². The topological polar surface area (TPSA) is 86.8 Å². The van der Waals surface area contributed by atoms with Crippen LogP contribution in [0.25, 0.3) is 0 Å². The summed E-state index contributed by atoms with van der Waals surface area (Å²) in [4.78, 5) is 31.6. The Labute approximate surface area is 216 Å². The molecule has 0 bridgehead atoms. The molecule has 4 rings (SSSR count). The normalized spacial score (nSPS) is 16.0. The first-order valence-corrected chi connectivity index (χ1v) is 12.7. The summed E-state index contributed by atoms with van der Waals surface area (Å²) in [7, 11) is 0. The van der Waals surface area contributed by atoms with Crippen molar-refractivity contribution < 1.29 is 4.79 Å². The van der Waals surface area contributed by atoms with E-state index in [0.29, 0.717) is 6.54 Å². The van der Waals surface area contributed by atoms with Crippen LogP contribution in [0.2, 0.25) is 10.0 Å². The number of nitrogens with one attached hydrogen (secondary N) is 2. The van der Waals surface area contributed by atoms with Gasteiger partial charge in [0, 0.05) is 37.5 Å². The minimum Gasteiger partial charge on any atom is -0.352 e. The molecule has 2 atom stereocenters. The van der Waals surface area contributed by atoms with Gasteiger partial charge in [-0.15, -0.1) is 6.58 Å². The van der Waals surface area contributed by atoms with Crippen molar-refractivity contribution >= 4 is 29.1 Å². The maximum absolute atomic E-state index is 12.6. The van der Waals surface area contributed by atoms with E-state index in [4.69, 9.17) is 28.2 Å². The molecular formula is C26H30Cl2N6O. The van der Waals surface area contributed by atoms with Crippen molar-refractivity contribution in [1.82, 2.24) is 30.2 Å². The van der Waals surface area contributed by atoms with Crippen LogP contribution in [0.4, 0.5) is 0 Å². The lowest BCUT2D eigenvalue weighted by molar-refractivity contribution is 0.0946. The molecule has 0 aliphatic heterocycles. The van der Waals surface area contributed by atoms with Crippen molar-refractivity contribution in [3.63, 3.8) is 0 Å². The Morgan fingerprint density at radius 2 is 2.09 bits per heavy atom. The van der Waals surface area contributed by atoms with E-state index in [1.807, 2.05) is 24.5 Å². The minimum atomic E-state index is -0.287. The number of hydrogen-bond donors (Lipinski definition) is 2. The van der Waals surface area contributed by atoms with Crippen LogP contribution in [-0.2, 0) is 6.42 Å². The minimum absolute atomic E-state index is 0.0736. The number of hydrogen-bond acceptors (Lipinski definition) is 5. The van der Waals surface area contributed by atoms with E-state index in [1.165, 1.54) is 18.0 Å². The molecule has 9 heteroatoms. The standard InChI is InChI=1S/C26H30Cl2N6O/c1-2-7-22(25-31-13-14-32-25)34(21-10-5-8-18-9-6-12-30-24(18)21)15-4-3-11-33-26(35)23-19(27)16-29-17-20(23)28/h2,6,9,12-14,16-17,21-22H,1,3-5,7-8,10-11,15H2,(H,31,32)(H,33,35)/t21?,22-/m0/s1. The van der Waals surface area contributed by atoms with Gasteiger partial charge >= 0.3 is 0 Å². The van der Waals surface area contributed by atoms with E-state index in [9.17, 15) is 4.79 Å². The van der Waals surface area contributed by atoms with Gasteiger partial charge in [-0.25, -0.2) is 4.98 Å². The van der Waals surface area contributed by atoms with Crippen LogP contribution in [0.3, 0.4) is 0 Å². The van der Waals surface area contributed by atoms with Crippen molar-refractivity contribution in [2.24, 2.45) is 0 Å². The van der Waals surface area contributed by atoms with Crippen molar-refractivity contribution in [3.8, 4) is 0 Å². The molecule has 0 aromatic carbocycles. The summed E-state index contributed by atoms with van der Waals surface area (Å²) in [6.45, 7) is 5.36. The number of aromatic amines is 1. The number of H-pyrrole nitrogens is 1. The highest BCUT2D eigenvalue weighted by atomic mass is 35.5. The number of amides is 1. The first-order chi connectivity index (χ1) is 17.1. The lowest BCUT2D eigenvalue weighted by atomic mass is 9.89. The van der Waals surface area contributed by atoms with E-state index in [2.05, 4.69) is 37.8 Å². The van der Waals surface area contributed by atoms with E-state index in [1.54, 1.807) is 6.20 Å². The lowest BCUT2D eigenvalue weighted by Crippen LogP contribution is -2.37. The molecule has 1 aliphatic rings. The van der Waals surface area contributed by atoms with Gasteiger partial charge in [0.25, 0.3) is 5.91 Å². The van der Waals surface area contributed by atoms with Crippen LogP contribution in [-0.4, -0.2) is 43.8 Å².